The summed E-state index contributed by atoms with van der Waals surface area (Å²) < 4.78 is 48.7. The number of nitrogens with one attached hydrogen (secondary N) is 1. The fourth-order valence-electron chi connectivity index (χ4n) is 3.09. The lowest BCUT2D eigenvalue weighted by Gasteiger charge is -2.08. The molecule has 0 aliphatic heterocycles. The number of hydrogen-bond donors (Lipinski definition) is 3. The van der Waals surface area contributed by atoms with E-state index < -0.39 is 34.0 Å². The van der Waals surface area contributed by atoms with Gasteiger partial charge in [0.05, 0.1) is 6.54 Å². The predicted molar refractivity (Wildman–Crippen MR) is 132 cm³/mol. The maximum absolute atomic E-state index is 12.7. The number of nitrogens with zero attached hydrogens (tertiary/aromatic N) is 2. The van der Waals surface area contributed by atoms with Crippen LogP contribution in [-0.2, 0) is 6.18 Å². The first-order valence-electron chi connectivity index (χ1n) is 11.6. The van der Waals surface area contributed by atoms with E-state index in [0.29, 0.717) is 12.1 Å². The number of nitrogens with two attached hydrogens (primary N) is 1. The molecule has 0 amide bonds. The van der Waals surface area contributed by atoms with Gasteiger partial charge in [-0.25, -0.2) is 19.2 Å². The summed E-state index contributed by atoms with van der Waals surface area (Å²) in [5.74, 6) is -2.61. The van der Waals surface area contributed by atoms with Crippen molar-refractivity contribution in [2.24, 2.45) is 0 Å². The van der Waals surface area contributed by atoms with Crippen molar-refractivity contribution in [1.29, 1.82) is 0 Å². The molecule has 200 valence electrons. The van der Waals surface area contributed by atoms with Crippen molar-refractivity contribution in [2.75, 3.05) is 18.8 Å². The second kappa shape index (κ2) is 16.2. The number of anilines is 1. The summed E-state index contributed by atoms with van der Waals surface area (Å²) in [5, 5.41) is 11.7. The van der Waals surface area contributed by atoms with E-state index in [1.807, 2.05) is 0 Å². The van der Waals surface area contributed by atoms with Gasteiger partial charge in [-0.2, -0.15) is 13.2 Å². The molecule has 2 aromatic rings. The van der Waals surface area contributed by atoms with E-state index in [1.165, 1.54) is 69.2 Å². The van der Waals surface area contributed by atoms with Crippen molar-refractivity contribution in [3.8, 4) is 0 Å². The molecule has 2 rings (SSSR count). The summed E-state index contributed by atoms with van der Waals surface area (Å²) in [6.07, 6.45) is 5.58. The number of unbranched alkanes of at least 4 members (excludes halogenated alkanes) is 7. The lowest BCUT2D eigenvalue weighted by Crippen LogP contribution is -2.24. The van der Waals surface area contributed by atoms with Gasteiger partial charge in [0, 0.05) is 5.56 Å². The average Bonchev–Trinajstić information content (AvgIpc) is 2.81. The smallest absolute Gasteiger partial charge is 0.436 e. The highest BCUT2D eigenvalue weighted by Crippen LogP contribution is 2.33. The van der Waals surface area contributed by atoms with Gasteiger partial charge in [-0.1, -0.05) is 51.9 Å². The minimum atomic E-state index is -4.74. The number of rotatable bonds is 13. The Kier molecular flexibility index (Phi) is 14.1. The average molecular weight is 579 g/mol. The quantitative estimate of drug-likeness (QED) is 0.145. The maximum Gasteiger partial charge on any atom is 0.436 e. The standard InChI is InChI=1S/C18H28FNO.C6H3BrF3N3O2/c1-2-3-4-5-6-7-8-9-14-20-15-18(21)16-10-12-17(19)13-11-16;7-3-2(6(8,9)10)13-4(11)1(12-3)5(14)15/h10-13,20H,2-9,14-15H2,1H3;(H2,11,13)(H,14,15). The number of aromatic carboxylic acids is 1. The summed E-state index contributed by atoms with van der Waals surface area (Å²) >= 11 is 2.47. The van der Waals surface area contributed by atoms with Gasteiger partial charge in [0.2, 0.25) is 0 Å². The van der Waals surface area contributed by atoms with Crippen molar-refractivity contribution in [3.63, 3.8) is 0 Å². The Labute approximate surface area is 216 Å². The van der Waals surface area contributed by atoms with Crippen molar-refractivity contribution < 1.29 is 32.3 Å². The van der Waals surface area contributed by atoms with Crippen molar-refractivity contribution in [1.82, 2.24) is 15.3 Å². The number of aromatic nitrogens is 2. The molecular weight excluding hydrogens is 548 g/mol. The second-order valence-corrected chi connectivity index (χ2v) is 8.73. The van der Waals surface area contributed by atoms with Crippen molar-refractivity contribution in [3.05, 3.63) is 51.6 Å². The van der Waals surface area contributed by atoms with E-state index in [2.05, 4.69) is 38.1 Å². The lowest BCUT2D eigenvalue weighted by molar-refractivity contribution is -0.142. The van der Waals surface area contributed by atoms with Crippen LogP contribution in [-0.4, -0.2) is 39.9 Å². The Morgan fingerprint density at radius 1 is 1.00 bits per heavy atom. The lowest BCUT2D eigenvalue weighted by atomic mass is 10.1. The molecule has 0 saturated carbocycles. The molecule has 4 N–H and O–H groups in total. The molecule has 1 aromatic heterocycles. The van der Waals surface area contributed by atoms with E-state index >= 15 is 0 Å². The summed E-state index contributed by atoms with van der Waals surface area (Å²) in [4.78, 5) is 28.3. The minimum Gasteiger partial charge on any atom is -0.476 e. The number of alkyl halides is 3. The SMILES string of the molecule is CCCCCCCCCCNCC(=O)c1ccc(F)cc1.Nc1nc(C(F)(F)F)c(Br)nc1C(=O)O. The highest BCUT2D eigenvalue weighted by atomic mass is 79.9. The van der Waals surface area contributed by atoms with Gasteiger partial charge in [0.1, 0.15) is 10.4 Å². The third kappa shape index (κ3) is 11.9. The number of hydrogen-bond acceptors (Lipinski definition) is 6. The monoisotopic (exact) mass is 578 g/mol. The first kappa shape index (κ1) is 31.4. The third-order valence-electron chi connectivity index (χ3n) is 5.01. The fourth-order valence-corrected chi connectivity index (χ4v) is 3.58. The molecule has 7 nitrogen and oxygen atoms in total. The zero-order chi connectivity index (χ0) is 27.1. The Balaban J connectivity index is 0.000000381. The first-order chi connectivity index (χ1) is 17.0. The summed E-state index contributed by atoms with van der Waals surface area (Å²) in [6.45, 7) is 3.45. The molecule has 0 radical (unpaired) electrons. The van der Waals surface area contributed by atoms with Crippen LogP contribution in [0.15, 0.2) is 28.9 Å². The van der Waals surface area contributed by atoms with Gasteiger partial charge in [-0.15, -0.1) is 0 Å². The molecule has 36 heavy (non-hydrogen) atoms. The van der Waals surface area contributed by atoms with E-state index in [0.717, 1.165) is 13.0 Å². The van der Waals surface area contributed by atoms with Crippen LogP contribution in [0.4, 0.5) is 23.4 Å². The molecule has 0 fully saturated rings. The fraction of sp³-hybridized carbons (Fsp3) is 0.500. The molecule has 0 bridgehead atoms. The van der Waals surface area contributed by atoms with Crippen LogP contribution in [0, 0.1) is 5.82 Å². The van der Waals surface area contributed by atoms with Crippen LogP contribution in [0.3, 0.4) is 0 Å². The zero-order valence-corrected chi connectivity index (χ0v) is 21.6. The number of carboxylic acids is 1. The van der Waals surface area contributed by atoms with Crippen LogP contribution in [0.2, 0.25) is 0 Å². The van der Waals surface area contributed by atoms with Gasteiger partial charge >= 0.3 is 12.1 Å². The summed E-state index contributed by atoms with van der Waals surface area (Å²) in [5.41, 5.74) is 3.50. The van der Waals surface area contributed by atoms with Crippen LogP contribution in [0.1, 0.15) is 84.8 Å². The van der Waals surface area contributed by atoms with Crippen LogP contribution >= 0.6 is 15.9 Å². The van der Waals surface area contributed by atoms with Gasteiger partial charge < -0.3 is 16.2 Å². The Morgan fingerprint density at radius 3 is 2.08 bits per heavy atom. The Hall–Kier alpha value is -2.60. The predicted octanol–water partition coefficient (Wildman–Crippen LogP) is 6.28. The van der Waals surface area contributed by atoms with Crippen LogP contribution < -0.4 is 11.1 Å². The van der Waals surface area contributed by atoms with Crippen molar-refractivity contribution >= 4 is 33.5 Å². The maximum atomic E-state index is 12.7. The van der Waals surface area contributed by atoms with Gasteiger partial charge in [-0.3, -0.25) is 4.79 Å². The Morgan fingerprint density at radius 2 is 1.56 bits per heavy atom. The minimum absolute atomic E-state index is 0.0227. The Bertz CT molecular complexity index is 973. The highest BCUT2D eigenvalue weighted by Gasteiger charge is 2.37. The summed E-state index contributed by atoms with van der Waals surface area (Å²) in [6, 6.07) is 5.73. The van der Waals surface area contributed by atoms with E-state index in [1.54, 1.807) is 0 Å². The molecule has 0 saturated heterocycles. The molecule has 0 aliphatic rings. The van der Waals surface area contributed by atoms with Gasteiger partial charge in [0.25, 0.3) is 0 Å². The zero-order valence-electron chi connectivity index (χ0n) is 20.0. The van der Waals surface area contributed by atoms with E-state index in [-0.39, 0.29) is 11.6 Å². The molecule has 0 aliphatic carbocycles. The molecular formula is C24H31BrF4N4O3. The number of halogens is 5. The highest BCUT2D eigenvalue weighted by molar-refractivity contribution is 9.10. The molecule has 12 heteroatoms. The molecule has 0 unspecified atom stereocenters. The number of ketones is 1. The third-order valence-corrected chi connectivity index (χ3v) is 5.56. The number of carbonyl (C=O) groups is 2. The van der Waals surface area contributed by atoms with Crippen LogP contribution in [0.25, 0.3) is 0 Å². The van der Waals surface area contributed by atoms with E-state index in [4.69, 9.17) is 10.8 Å². The topological polar surface area (TPSA) is 118 Å². The normalized spacial score (nSPS) is 11.1. The number of nitrogen functional groups attached to an aromatic ring is 1. The van der Waals surface area contributed by atoms with Crippen molar-refractivity contribution in [2.45, 2.75) is 64.5 Å². The molecule has 1 aromatic carbocycles. The van der Waals surface area contributed by atoms with Crippen LogP contribution in [0.5, 0.6) is 0 Å². The summed E-state index contributed by atoms with van der Waals surface area (Å²) in [7, 11) is 0. The number of benzene rings is 1. The number of carboxylic acid groups (broad SMARTS) is 1. The largest absolute Gasteiger partial charge is 0.476 e. The van der Waals surface area contributed by atoms with E-state index in [9.17, 15) is 27.2 Å². The number of Topliss-reactive ketones (excluding diaryl/α,β-unsaturated/α-hetero) is 1. The first-order valence-corrected chi connectivity index (χ1v) is 12.4. The van der Waals surface area contributed by atoms with Gasteiger partial charge in [0.15, 0.2) is 23.0 Å². The number of carbonyl (C=O) groups excluding carboxylic acids is 1. The van der Waals surface area contributed by atoms with Gasteiger partial charge in [-0.05, 0) is 53.2 Å². The molecule has 0 spiro atoms. The molecule has 0 atom stereocenters. The molecule has 1 heterocycles. The second-order valence-electron chi connectivity index (χ2n) is 7.98.